The Kier molecular flexibility index (Phi) is 8.16. The first-order valence-electron chi connectivity index (χ1n) is 8.38. The van der Waals surface area contributed by atoms with Gasteiger partial charge in [0.15, 0.2) is 0 Å². The molecule has 8 nitrogen and oxygen atoms in total. The van der Waals surface area contributed by atoms with Crippen LogP contribution in [0.15, 0.2) is 36.4 Å². The number of rotatable bonds is 5. The van der Waals surface area contributed by atoms with Crippen molar-refractivity contribution in [1.82, 2.24) is 0 Å². The number of halogens is 10. The van der Waals surface area contributed by atoms with Gasteiger partial charge in [0.1, 0.15) is 11.5 Å². The summed E-state index contributed by atoms with van der Waals surface area (Å²) < 4.78 is 128. The molecule has 0 aromatic heterocycles. The molecule has 2 aromatic carbocycles. The lowest BCUT2D eigenvalue weighted by Crippen LogP contribution is -2.34. The van der Waals surface area contributed by atoms with Crippen LogP contribution in [0.25, 0.3) is 0 Å². The van der Waals surface area contributed by atoms with E-state index in [1.54, 1.807) is 0 Å². The summed E-state index contributed by atoms with van der Waals surface area (Å²) in [5, 5.41) is 29.5. The van der Waals surface area contributed by atoms with E-state index in [1.165, 1.54) is 0 Å². The van der Waals surface area contributed by atoms with Crippen molar-refractivity contribution in [3.05, 3.63) is 67.8 Å². The Balaban J connectivity index is 0.000000351. The highest BCUT2D eigenvalue weighted by Gasteiger charge is 2.61. The molecule has 0 aliphatic heterocycles. The minimum Gasteiger partial charge on any atom is -0.507 e. The highest BCUT2D eigenvalue weighted by atomic mass is 19.4. The molecule has 0 amide bonds. The second-order valence-electron chi connectivity index (χ2n) is 6.24. The van der Waals surface area contributed by atoms with Crippen molar-refractivity contribution >= 4 is 11.4 Å². The van der Waals surface area contributed by atoms with Crippen LogP contribution in [0.5, 0.6) is 11.5 Å². The number of phenols is 1. The maximum atomic E-state index is 13.1. The summed E-state index contributed by atoms with van der Waals surface area (Å²) in [5.74, 6) is -12.8. The van der Waals surface area contributed by atoms with Crippen molar-refractivity contribution in [3.8, 4) is 11.5 Å². The smallest absolute Gasteiger partial charge is 0.458 e. The lowest BCUT2D eigenvalue weighted by atomic mass is 10.1. The average Bonchev–Trinajstić information content (AvgIpc) is 2.71. The van der Waals surface area contributed by atoms with E-state index in [9.17, 15) is 64.1 Å². The minimum atomic E-state index is -5.89. The third-order valence-corrected chi connectivity index (χ3v) is 3.98. The van der Waals surface area contributed by atoms with Crippen LogP contribution in [0.1, 0.15) is 11.1 Å². The summed E-state index contributed by atoms with van der Waals surface area (Å²) >= 11 is 0. The van der Waals surface area contributed by atoms with Crippen molar-refractivity contribution in [3.63, 3.8) is 0 Å². The Bertz CT molecular complexity index is 1100. The van der Waals surface area contributed by atoms with Crippen LogP contribution in [0, 0.1) is 20.2 Å². The molecule has 0 spiro atoms. The van der Waals surface area contributed by atoms with E-state index in [-0.39, 0.29) is 12.1 Å². The topological polar surface area (TPSA) is 116 Å². The average molecular weight is 528 g/mol. The van der Waals surface area contributed by atoms with E-state index >= 15 is 0 Å². The van der Waals surface area contributed by atoms with Crippen molar-refractivity contribution in [2.24, 2.45) is 0 Å². The fraction of sp³-hybridized carbons (Fsp3) is 0.294. The van der Waals surface area contributed by atoms with Gasteiger partial charge in [-0.2, -0.15) is 43.9 Å². The first-order chi connectivity index (χ1) is 15.7. The number of phenolic OH excluding ortho intramolecular Hbond substituents is 1. The molecule has 2 aromatic rings. The molecule has 18 heteroatoms. The molecular weight excluding hydrogens is 518 g/mol. The summed E-state index contributed by atoms with van der Waals surface area (Å²) in [5.41, 5.74) is -4.63. The van der Waals surface area contributed by atoms with Crippen LogP contribution in [-0.4, -0.2) is 34.4 Å². The van der Waals surface area contributed by atoms with Crippen LogP contribution in [-0.2, 0) is 11.8 Å². The summed E-state index contributed by atoms with van der Waals surface area (Å²) in [7, 11) is 0.842. The fourth-order valence-electron chi connectivity index (χ4n) is 2.26. The number of nitro groups is 2. The van der Waals surface area contributed by atoms with Crippen molar-refractivity contribution in [2.75, 3.05) is 7.11 Å². The minimum absolute atomic E-state index is 0.168. The van der Waals surface area contributed by atoms with Gasteiger partial charge in [-0.15, -0.1) is 0 Å². The maximum absolute atomic E-state index is 13.1. The molecule has 2 rings (SSSR count). The van der Waals surface area contributed by atoms with Crippen LogP contribution in [0.2, 0.25) is 0 Å². The molecule has 0 aliphatic rings. The molecule has 0 saturated carbocycles. The molecule has 0 atom stereocenters. The highest BCUT2D eigenvalue weighted by molar-refractivity contribution is 5.47. The predicted molar refractivity (Wildman–Crippen MR) is 94.3 cm³/mol. The number of aromatic hydroxyl groups is 1. The van der Waals surface area contributed by atoms with E-state index in [0.717, 1.165) is 7.11 Å². The standard InChI is InChI=1S/C9H6F5NO3.C8H4F5NO3/c1-18-7-4-5(15(16)17)2-3-6(7)8(10,11)9(12,13)14;9-7(10,8(11,12)13)5-2-1-4(14(16)17)3-6(5)15/h2-4H,1H3;1-3,15H. The number of alkyl halides is 10. The second kappa shape index (κ2) is 9.79. The van der Waals surface area contributed by atoms with Crippen LogP contribution >= 0.6 is 0 Å². The van der Waals surface area contributed by atoms with Gasteiger partial charge in [0, 0.05) is 12.1 Å². The number of hydrogen-bond acceptors (Lipinski definition) is 6. The Labute approximate surface area is 186 Å². The third kappa shape index (κ3) is 6.18. The molecule has 0 unspecified atom stereocenters. The van der Waals surface area contributed by atoms with Gasteiger partial charge in [0.05, 0.1) is 40.2 Å². The Morgan fingerprint density at radius 3 is 1.43 bits per heavy atom. The molecule has 0 heterocycles. The summed E-state index contributed by atoms with van der Waals surface area (Å²) in [4.78, 5) is 18.6. The van der Waals surface area contributed by atoms with Gasteiger partial charge in [0.2, 0.25) is 0 Å². The lowest BCUT2D eigenvalue weighted by molar-refractivity contribution is -0.385. The number of nitrogens with zero attached hydrogens (tertiary/aromatic N) is 2. The Morgan fingerprint density at radius 2 is 1.09 bits per heavy atom. The Morgan fingerprint density at radius 1 is 0.714 bits per heavy atom. The fourth-order valence-corrected chi connectivity index (χ4v) is 2.26. The molecule has 0 bridgehead atoms. The van der Waals surface area contributed by atoms with E-state index in [1.807, 2.05) is 0 Å². The van der Waals surface area contributed by atoms with Crippen molar-refractivity contribution < 1.29 is 63.6 Å². The van der Waals surface area contributed by atoms with E-state index in [2.05, 4.69) is 4.74 Å². The zero-order valence-corrected chi connectivity index (χ0v) is 16.6. The molecule has 0 radical (unpaired) electrons. The largest absolute Gasteiger partial charge is 0.507 e. The molecule has 0 saturated heterocycles. The van der Waals surface area contributed by atoms with Gasteiger partial charge >= 0.3 is 24.2 Å². The summed E-state index contributed by atoms with van der Waals surface area (Å²) in [6.07, 6.45) is -11.7. The lowest BCUT2D eigenvalue weighted by Gasteiger charge is -2.21. The second-order valence-corrected chi connectivity index (χ2v) is 6.24. The molecule has 1 N–H and O–H groups in total. The number of ether oxygens (including phenoxy) is 1. The van der Waals surface area contributed by atoms with Gasteiger partial charge in [0.25, 0.3) is 11.4 Å². The zero-order valence-electron chi connectivity index (χ0n) is 16.6. The zero-order chi connectivity index (χ0) is 27.6. The number of non-ortho nitro benzene ring substituents is 2. The normalized spacial score (nSPS) is 12.4. The van der Waals surface area contributed by atoms with Gasteiger partial charge < -0.3 is 9.84 Å². The number of methoxy groups -OCH3 is 1. The third-order valence-electron chi connectivity index (χ3n) is 3.98. The van der Waals surface area contributed by atoms with E-state index < -0.39 is 68.0 Å². The first-order valence-corrected chi connectivity index (χ1v) is 8.38. The molecule has 35 heavy (non-hydrogen) atoms. The number of nitro benzene ring substituents is 2. The van der Waals surface area contributed by atoms with Crippen molar-refractivity contribution in [2.45, 2.75) is 24.2 Å². The van der Waals surface area contributed by atoms with Gasteiger partial charge in [-0.3, -0.25) is 20.2 Å². The Hall–Kier alpha value is -3.86. The molecule has 0 aliphatic carbocycles. The van der Waals surface area contributed by atoms with Gasteiger partial charge in [-0.05, 0) is 12.1 Å². The maximum Gasteiger partial charge on any atom is 0.458 e. The molecular formula is C17H10F10N2O6. The quantitative estimate of drug-likeness (QED) is 0.280. The summed E-state index contributed by atoms with van der Waals surface area (Å²) in [6, 6.07) is 2.24. The summed E-state index contributed by atoms with van der Waals surface area (Å²) in [6.45, 7) is 0. The molecule has 0 fully saturated rings. The predicted octanol–water partition coefficient (Wildman–Crippen LogP) is 6.21. The van der Waals surface area contributed by atoms with Crippen LogP contribution < -0.4 is 4.74 Å². The monoisotopic (exact) mass is 528 g/mol. The van der Waals surface area contributed by atoms with Crippen LogP contribution in [0.4, 0.5) is 55.3 Å². The number of benzene rings is 2. The highest BCUT2D eigenvalue weighted by Crippen LogP contribution is 2.48. The van der Waals surface area contributed by atoms with E-state index in [4.69, 9.17) is 5.11 Å². The van der Waals surface area contributed by atoms with Gasteiger partial charge in [-0.25, -0.2) is 0 Å². The van der Waals surface area contributed by atoms with Gasteiger partial charge in [-0.1, -0.05) is 0 Å². The SMILES string of the molecule is COc1cc([N+](=O)[O-])ccc1C(F)(F)C(F)(F)F.O=[N+]([O-])c1ccc(C(F)(F)C(F)(F)F)c(O)c1. The number of hydrogen-bond donors (Lipinski definition) is 1. The van der Waals surface area contributed by atoms with Crippen molar-refractivity contribution in [1.29, 1.82) is 0 Å². The van der Waals surface area contributed by atoms with Crippen LogP contribution in [0.3, 0.4) is 0 Å². The van der Waals surface area contributed by atoms with E-state index in [0.29, 0.717) is 24.3 Å². The first kappa shape index (κ1) is 29.2. The molecule has 194 valence electrons.